The van der Waals surface area contributed by atoms with E-state index in [0.717, 1.165) is 38.3 Å². The number of likely N-dealkylation sites (N-methyl/N-ethyl adjacent to an activating group) is 1. The number of ether oxygens (including phenoxy) is 1. The highest BCUT2D eigenvalue weighted by Crippen LogP contribution is 2.21. The van der Waals surface area contributed by atoms with Crippen LogP contribution in [0.3, 0.4) is 0 Å². The Morgan fingerprint density at radius 3 is 2.83 bits per heavy atom. The molecule has 0 amide bonds. The van der Waals surface area contributed by atoms with Gasteiger partial charge < -0.3 is 14.5 Å². The van der Waals surface area contributed by atoms with Crippen LogP contribution in [0.25, 0.3) is 0 Å². The lowest BCUT2D eigenvalue weighted by Crippen LogP contribution is -2.34. The van der Waals surface area contributed by atoms with Gasteiger partial charge in [-0.2, -0.15) is 0 Å². The van der Waals surface area contributed by atoms with Crippen LogP contribution in [0, 0.1) is 5.41 Å². The quantitative estimate of drug-likeness (QED) is 0.826. The minimum Gasteiger partial charge on any atom is -0.383 e. The van der Waals surface area contributed by atoms with Gasteiger partial charge in [0.25, 0.3) is 0 Å². The molecule has 0 spiro atoms. The van der Waals surface area contributed by atoms with Crippen molar-refractivity contribution in [2.24, 2.45) is 0 Å². The van der Waals surface area contributed by atoms with Crippen molar-refractivity contribution in [3.05, 3.63) is 35.4 Å². The zero-order valence-electron chi connectivity index (χ0n) is 11.1. The Morgan fingerprint density at radius 2 is 2.11 bits per heavy atom. The van der Waals surface area contributed by atoms with Crippen LogP contribution in [-0.4, -0.2) is 56.0 Å². The molecule has 0 radical (unpaired) electrons. The summed E-state index contributed by atoms with van der Waals surface area (Å²) in [7, 11) is 3.81. The van der Waals surface area contributed by atoms with Crippen molar-refractivity contribution in [2.75, 3.05) is 40.4 Å². The van der Waals surface area contributed by atoms with E-state index < -0.39 is 0 Å². The van der Waals surface area contributed by atoms with Gasteiger partial charge in [-0.3, -0.25) is 5.41 Å². The second-order valence-corrected chi connectivity index (χ2v) is 4.72. The van der Waals surface area contributed by atoms with Crippen molar-refractivity contribution in [3.63, 3.8) is 0 Å². The summed E-state index contributed by atoms with van der Waals surface area (Å²) in [4.78, 5) is 4.37. The fraction of sp³-hybridized carbons (Fsp3) is 0.500. The molecule has 4 nitrogen and oxygen atoms in total. The van der Waals surface area contributed by atoms with E-state index in [2.05, 4.69) is 22.9 Å². The normalized spacial score (nSPS) is 14.4. The molecule has 98 valence electrons. The lowest BCUT2D eigenvalue weighted by atomic mass is 10.1. The van der Waals surface area contributed by atoms with Crippen molar-refractivity contribution in [3.8, 4) is 0 Å². The molecule has 1 N–H and O–H groups in total. The first-order chi connectivity index (χ1) is 8.72. The molecule has 0 saturated heterocycles. The van der Waals surface area contributed by atoms with Crippen molar-refractivity contribution >= 4 is 5.84 Å². The maximum atomic E-state index is 8.15. The summed E-state index contributed by atoms with van der Waals surface area (Å²) < 4.78 is 5.06. The van der Waals surface area contributed by atoms with Gasteiger partial charge in [0.1, 0.15) is 5.84 Å². The maximum absolute atomic E-state index is 8.15. The summed E-state index contributed by atoms with van der Waals surface area (Å²) in [5, 5.41) is 8.15. The predicted molar refractivity (Wildman–Crippen MR) is 73.1 cm³/mol. The van der Waals surface area contributed by atoms with E-state index in [9.17, 15) is 0 Å². The standard InChI is InChI=1S/C14H21N3O/c1-16(9-10-18-2)7-8-17-11-12-5-3-4-6-13(12)14(17)15/h3-6,15H,7-11H2,1-2H3. The number of nitrogens with zero attached hydrogens (tertiary/aromatic N) is 2. The monoisotopic (exact) mass is 247 g/mol. The van der Waals surface area contributed by atoms with E-state index in [-0.39, 0.29) is 0 Å². The van der Waals surface area contributed by atoms with Crippen molar-refractivity contribution in [1.82, 2.24) is 9.80 Å². The smallest absolute Gasteiger partial charge is 0.128 e. The molecule has 1 aliphatic heterocycles. The van der Waals surface area contributed by atoms with Gasteiger partial charge in [-0.15, -0.1) is 0 Å². The first kappa shape index (κ1) is 13.1. The van der Waals surface area contributed by atoms with Crippen LogP contribution in [0.4, 0.5) is 0 Å². The Morgan fingerprint density at radius 1 is 1.33 bits per heavy atom. The molecule has 1 heterocycles. The summed E-state index contributed by atoms with van der Waals surface area (Å²) in [6, 6.07) is 8.19. The summed E-state index contributed by atoms with van der Waals surface area (Å²) in [6.45, 7) is 4.42. The third-order valence-electron chi connectivity index (χ3n) is 3.38. The molecular formula is C14H21N3O. The van der Waals surface area contributed by atoms with Gasteiger partial charge in [0.15, 0.2) is 0 Å². The Labute approximate surface area is 109 Å². The summed E-state index contributed by atoms with van der Waals surface area (Å²) >= 11 is 0. The van der Waals surface area contributed by atoms with Gasteiger partial charge in [0, 0.05) is 38.9 Å². The molecule has 0 bridgehead atoms. The third-order valence-corrected chi connectivity index (χ3v) is 3.38. The molecule has 0 aliphatic carbocycles. The van der Waals surface area contributed by atoms with E-state index in [0.29, 0.717) is 5.84 Å². The molecule has 0 atom stereocenters. The van der Waals surface area contributed by atoms with Gasteiger partial charge >= 0.3 is 0 Å². The molecular weight excluding hydrogens is 226 g/mol. The first-order valence-electron chi connectivity index (χ1n) is 6.31. The molecule has 1 aliphatic rings. The van der Waals surface area contributed by atoms with E-state index in [1.807, 2.05) is 18.2 Å². The van der Waals surface area contributed by atoms with Crippen LogP contribution < -0.4 is 0 Å². The van der Waals surface area contributed by atoms with E-state index >= 15 is 0 Å². The van der Waals surface area contributed by atoms with E-state index in [1.165, 1.54) is 5.56 Å². The number of fused-ring (bicyclic) bond motifs is 1. The molecule has 18 heavy (non-hydrogen) atoms. The highest BCUT2D eigenvalue weighted by Gasteiger charge is 2.23. The van der Waals surface area contributed by atoms with Crippen LogP contribution in [-0.2, 0) is 11.3 Å². The predicted octanol–water partition coefficient (Wildman–Crippen LogP) is 1.41. The fourth-order valence-electron chi connectivity index (χ4n) is 2.19. The molecule has 0 unspecified atom stereocenters. The maximum Gasteiger partial charge on any atom is 0.128 e. The number of amidine groups is 1. The minimum absolute atomic E-state index is 0.658. The summed E-state index contributed by atoms with van der Waals surface area (Å²) in [6.07, 6.45) is 0. The summed E-state index contributed by atoms with van der Waals surface area (Å²) in [5.74, 6) is 0.658. The Kier molecular flexibility index (Phi) is 4.33. The minimum atomic E-state index is 0.658. The lowest BCUT2D eigenvalue weighted by Gasteiger charge is -2.22. The Bertz CT molecular complexity index is 419. The zero-order chi connectivity index (χ0) is 13.0. The molecule has 1 aromatic rings. The topological polar surface area (TPSA) is 39.6 Å². The van der Waals surface area contributed by atoms with Crippen LogP contribution in [0.15, 0.2) is 24.3 Å². The molecule has 1 aromatic carbocycles. The van der Waals surface area contributed by atoms with Crippen molar-refractivity contribution in [2.45, 2.75) is 6.54 Å². The summed E-state index contributed by atoms with van der Waals surface area (Å²) in [5.41, 5.74) is 2.35. The molecule has 0 saturated carbocycles. The van der Waals surface area contributed by atoms with E-state index in [1.54, 1.807) is 7.11 Å². The molecule has 4 heteroatoms. The first-order valence-corrected chi connectivity index (χ1v) is 6.31. The molecule has 0 fully saturated rings. The molecule has 0 aromatic heterocycles. The van der Waals surface area contributed by atoms with Gasteiger partial charge in [0.2, 0.25) is 0 Å². The van der Waals surface area contributed by atoms with Gasteiger partial charge in [-0.1, -0.05) is 24.3 Å². The van der Waals surface area contributed by atoms with Crippen molar-refractivity contribution < 1.29 is 4.74 Å². The average molecular weight is 247 g/mol. The lowest BCUT2D eigenvalue weighted by molar-refractivity contribution is 0.157. The number of benzene rings is 1. The van der Waals surface area contributed by atoms with Crippen LogP contribution >= 0.6 is 0 Å². The zero-order valence-corrected chi connectivity index (χ0v) is 11.1. The number of nitrogens with one attached hydrogen (secondary N) is 1. The van der Waals surface area contributed by atoms with Crippen LogP contribution in [0.5, 0.6) is 0 Å². The number of hydrogen-bond acceptors (Lipinski definition) is 3. The third kappa shape index (κ3) is 2.89. The Hall–Kier alpha value is -1.39. The van der Waals surface area contributed by atoms with Gasteiger partial charge in [0.05, 0.1) is 6.61 Å². The van der Waals surface area contributed by atoms with E-state index in [4.69, 9.17) is 10.1 Å². The number of hydrogen-bond donors (Lipinski definition) is 1. The van der Waals surface area contributed by atoms with Crippen LogP contribution in [0.1, 0.15) is 11.1 Å². The fourth-order valence-corrected chi connectivity index (χ4v) is 2.19. The van der Waals surface area contributed by atoms with Gasteiger partial charge in [-0.25, -0.2) is 0 Å². The number of methoxy groups -OCH3 is 1. The van der Waals surface area contributed by atoms with Gasteiger partial charge in [-0.05, 0) is 12.6 Å². The van der Waals surface area contributed by atoms with Crippen molar-refractivity contribution in [1.29, 1.82) is 5.41 Å². The molecule has 2 rings (SSSR count). The highest BCUT2D eigenvalue weighted by atomic mass is 16.5. The Balaban J connectivity index is 1.85. The highest BCUT2D eigenvalue weighted by molar-refractivity contribution is 6.00. The second kappa shape index (κ2) is 5.98. The SMILES string of the molecule is COCCN(C)CCN1Cc2ccccc2C1=N. The largest absolute Gasteiger partial charge is 0.383 e. The van der Waals surface area contributed by atoms with Crippen LogP contribution in [0.2, 0.25) is 0 Å². The average Bonchev–Trinajstić information content (AvgIpc) is 2.71. The second-order valence-electron chi connectivity index (χ2n) is 4.72. The number of rotatable bonds is 6.